The van der Waals surface area contributed by atoms with Crippen molar-refractivity contribution in [2.45, 2.75) is 19.8 Å². The van der Waals surface area contributed by atoms with Gasteiger partial charge in [-0.2, -0.15) is 0 Å². The van der Waals surface area contributed by atoms with E-state index in [1.165, 1.54) is 5.69 Å². The molecule has 1 N–H and O–H groups in total. The molecule has 24 heavy (non-hydrogen) atoms. The Kier molecular flexibility index (Phi) is 7.15. The van der Waals surface area contributed by atoms with Crippen LogP contribution in [0.3, 0.4) is 0 Å². The molecule has 2 aromatic carbocycles. The second-order valence-corrected chi connectivity index (χ2v) is 5.71. The van der Waals surface area contributed by atoms with Crippen molar-refractivity contribution >= 4 is 11.6 Å². The highest BCUT2D eigenvalue weighted by Crippen LogP contribution is 2.12. The minimum absolute atomic E-state index is 0.0570. The van der Waals surface area contributed by atoms with Crippen molar-refractivity contribution in [1.29, 1.82) is 0 Å². The molecule has 0 saturated carbocycles. The molecule has 2 rings (SSSR count). The van der Waals surface area contributed by atoms with Crippen LogP contribution >= 0.6 is 0 Å². The Morgan fingerprint density at radius 3 is 2.46 bits per heavy atom. The summed E-state index contributed by atoms with van der Waals surface area (Å²) in [4.78, 5) is 14.2. The Bertz CT molecular complexity index is 611. The molecule has 0 atom stereocenters. The summed E-state index contributed by atoms with van der Waals surface area (Å²) in [5, 5.41) is 2.98. The van der Waals surface area contributed by atoms with Gasteiger partial charge in [0, 0.05) is 25.8 Å². The number of benzene rings is 2. The highest BCUT2D eigenvalue weighted by molar-refractivity contribution is 5.78. The van der Waals surface area contributed by atoms with E-state index in [9.17, 15) is 4.79 Å². The van der Waals surface area contributed by atoms with E-state index in [0.29, 0.717) is 19.6 Å². The number of rotatable bonds is 9. The third kappa shape index (κ3) is 5.95. The van der Waals surface area contributed by atoms with Crippen molar-refractivity contribution in [2.24, 2.45) is 0 Å². The minimum Gasteiger partial charge on any atom is -0.494 e. The van der Waals surface area contributed by atoms with E-state index < -0.39 is 0 Å². The monoisotopic (exact) mass is 326 g/mol. The molecule has 128 valence electrons. The van der Waals surface area contributed by atoms with Gasteiger partial charge < -0.3 is 15.0 Å². The van der Waals surface area contributed by atoms with Gasteiger partial charge in [-0.3, -0.25) is 4.79 Å². The van der Waals surface area contributed by atoms with Gasteiger partial charge in [0.05, 0.1) is 13.0 Å². The average Bonchev–Trinajstić information content (AvgIpc) is 2.61. The van der Waals surface area contributed by atoms with Crippen LogP contribution in [0.1, 0.15) is 18.9 Å². The molecule has 1 amide bonds. The first-order valence-corrected chi connectivity index (χ1v) is 8.43. The minimum atomic E-state index is 0.0570. The van der Waals surface area contributed by atoms with Gasteiger partial charge in [-0.05, 0) is 43.2 Å². The topological polar surface area (TPSA) is 41.6 Å². The number of ether oxygens (including phenoxy) is 1. The predicted octanol–water partition coefficient (Wildman–Crippen LogP) is 3.27. The van der Waals surface area contributed by atoms with Crippen molar-refractivity contribution in [3.8, 4) is 5.75 Å². The molecule has 0 fully saturated rings. The average molecular weight is 326 g/mol. The van der Waals surface area contributed by atoms with Gasteiger partial charge in [-0.25, -0.2) is 0 Å². The van der Waals surface area contributed by atoms with Gasteiger partial charge in [0.25, 0.3) is 0 Å². The summed E-state index contributed by atoms with van der Waals surface area (Å²) < 4.78 is 5.40. The maximum absolute atomic E-state index is 12.0. The zero-order chi connectivity index (χ0) is 17.2. The fourth-order valence-electron chi connectivity index (χ4n) is 2.47. The molecule has 4 nitrogen and oxygen atoms in total. The van der Waals surface area contributed by atoms with Crippen LogP contribution in [-0.2, 0) is 11.2 Å². The predicted molar refractivity (Wildman–Crippen MR) is 98.7 cm³/mol. The number of anilines is 1. The molecule has 0 aromatic heterocycles. The molecule has 0 saturated heterocycles. The van der Waals surface area contributed by atoms with Crippen LogP contribution in [0.4, 0.5) is 5.69 Å². The van der Waals surface area contributed by atoms with Crippen LogP contribution in [0.5, 0.6) is 5.75 Å². The van der Waals surface area contributed by atoms with Crippen molar-refractivity contribution in [3.05, 3.63) is 60.2 Å². The molecule has 2 aromatic rings. The number of para-hydroxylation sites is 1. The summed E-state index contributed by atoms with van der Waals surface area (Å²) in [5.41, 5.74) is 2.19. The number of carbonyl (C=O) groups is 1. The lowest BCUT2D eigenvalue weighted by atomic mass is 10.1. The molecule has 0 heterocycles. The van der Waals surface area contributed by atoms with Crippen LogP contribution in [0.2, 0.25) is 0 Å². The Morgan fingerprint density at radius 1 is 1.08 bits per heavy atom. The molecule has 0 spiro atoms. The van der Waals surface area contributed by atoms with E-state index in [2.05, 4.69) is 29.4 Å². The maximum atomic E-state index is 12.0. The van der Waals surface area contributed by atoms with Gasteiger partial charge in [-0.15, -0.1) is 0 Å². The van der Waals surface area contributed by atoms with Crippen molar-refractivity contribution in [2.75, 3.05) is 31.6 Å². The normalized spacial score (nSPS) is 10.2. The fraction of sp³-hybridized carbons (Fsp3) is 0.350. The number of carbonyl (C=O) groups excluding carboxylic acids is 1. The van der Waals surface area contributed by atoms with Crippen molar-refractivity contribution in [1.82, 2.24) is 5.32 Å². The second kappa shape index (κ2) is 9.60. The van der Waals surface area contributed by atoms with Crippen LogP contribution in [0.15, 0.2) is 54.6 Å². The summed E-state index contributed by atoms with van der Waals surface area (Å²) in [6.45, 7) is 4.20. The molecule has 4 heteroatoms. The summed E-state index contributed by atoms with van der Waals surface area (Å²) in [6, 6.07) is 17.9. The van der Waals surface area contributed by atoms with Gasteiger partial charge in [-0.1, -0.05) is 30.3 Å². The van der Waals surface area contributed by atoms with E-state index in [1.54, 1.807) is 0 Å². The number of nitrogens with one attached hydrogen (secondary N) is 1. The summed E-state index contributed by atoms with van der Waals surface area (Å²) >= 11 is 0. The number of amides is 1. The second-order valence-electron chi connectivity index (χ2n) is 5.71. The van der Waals surface area contributed by atoms with E-state index in [-0.39, 0.29) is 5.91 Å². The number of hydrogen-bond donors (Lipinski definition) is 1. The Balaban J connectivity index is 1.66. The number of nitrogens with zero attached hydrogens (tertiary/aromatic N) is 1. The highest BCUT2D eigenvalue weighted by Gasteiger charge is 2.04. The quantitative estimate of drug-likeness (QED) is 0.719. The summed E-state index contributed by atoms with van der Waals surface area (Å²) in [5.74, 6) is 0.895. The first-order valence-electron chi connectivity index (χ1n) is 8.43. The molecule has 0 radical (unpaired) electrons. The molecular weight excluding hydrogens is 300 g/mol. The largest absolute Gasteiger partial charge is 0.494 e. The summed E-state index contributed by atoms with van der Waals surface area (Å²) in [6.07, 6.45) is 1.32. The lowest BCUT2D eigenvalue weighted by Crippen LogP contribution is -2.29. The fourth-order valence-corrected chi connectivity index (χ4v) is 2.47. The molecule has 0 unspecified atom stereocenters. The Labute approximate surface area is 144 Å². The lowest BCUT2D eigenvalue weighted by molar-refractivity contribution is -0.120. The standard InChI is InChI=1S/C20H26N2O2/c1-3-24-19-12-10-17(11-13-19)16-20(23)21-14-7-15-22(2)18-8-5-4-6-9-18/h4-6,8-13H,3,7,14-16H2,1-2H3,(H,21,23). The van der Waals surface area contributed by atoms with Crippen LogP contribution in [0.25, 0.3) is 0 Å². The molecule has 0 aliphatic rings. The molecular formula is C20H26N2O2. The van der Waals surface area contributed by atoms with E-state index in [4.69, 9.17) is 4.74 Å². The zero-order valence-electron chi connectivity index (χ0n) is 14.5. The lowest BCUT2D eigenvalue weighted by Gasteiger charge is -2.19. The van der Waals surface area contributed by atoms with Gasteiger partial charge in [0.15, 0.2) is 0 Å². The highest BCUT2D eigenvalue weighted by atomic mass is 16.5. The van der Waals surface area contributed by atoms with E-state index >= 15 is 0 Å². The molecule has 0 aliphatic heterocycles. The van der Waals surface area contributed by atoms with Gasteiger partial charge >= 0.3 is 0 Å². The van der Waals surface area contributed by atoms with E-state index in [1.807, 2.05) is 49.4 Å². The van der Waals surface area contributed by atoms with Gasteiger partial charge in [0.2, 0.25) is 5.91 Å². The zero-order valence-corrected chi connectivity index (χ0v) is 14.5. The maximum Gasteiger partial charge on any atom is 0.224 e. The van der Waals surface area contributed by atoms with Gasteiger partial charge in [0.1, 0.15) is 5.75 Å². The number of hydrogen-bond acceptors (Lipinski definition) is 3. The van der Waals surface area contributed by atoms with E-state index in [0.717, 1.165) is 24.3 Å². The van der Waals surface area contributed by atoms with Crippen molar-refractivity contribution < 1.29 is 9.53 Å². The third-order valence-corrected chi connectivity index (χ3v) is 3.79. The third-order valence-electron chi connectivity index (χ3n) is 3.79. The Hall–Kier alpha value is -2.49. The van der Waals surface area contributed by atoms with Crippen molar-refractivity contribution in [3.63, 3.8) is 0 Å². The first-order chi connectivity index (χ1) is 11.7. The van der Waals surface area contributed by atoms with Crippen LogP contribution in [-0.4, -0.2) is 32.7 Å². The Morgan fingerprint density at radius 2 is 1.79 bits per heavy atom. The van der Waals surface area contributed by atoms with Crippen LogP contribution in [0, 0.1) is 0 Å². The van der Waals surface area contributed by atoms with Crippen LogP contribution < -0.4 is 15.0 Å². The molecule has 0 bridgehead atoms. The summed E-state index contributed by atoms with van der Waals surface area (Å²) in [7, 11) is 2.07. The SMILES string of the molecule is CCOc1ccc(CC(=O)NCCCN(C)c2ccccc2)cc1. The smallest absolute Gasteiger partial charge is 0.224 e. The molecule has 0 aliphatic carbocycles. The first kappa shape index (κ1) is 17.9.